The van der Waals surface area contributed by atoms with Crippen LogP contribution >= 0.6 is 0 Å². The molecule has 5 fully saturated rings. The molecular formula is C20H35N3O. The lowest BCUT2D eigenvalue weighted by Gasteiger charge is -2.46. The molecule has 136 valence electrons. The molecule has 5 unspecified atom stereocenters. The summed E-state index contributed by atoms with van der Waals surface area (Å²) in [6, 6.07) is 0.896. The van der Waals surface area contributed by atoms with Gasteiger partial charge in [-0.3, -0.25) is 4.90 Å². The molecule has 0 bridgehead atoms. The van der Waals surface area contributed by atoms with Crippen molar-refractivity contribution in [3.63, 3.8) is 0 Å². The van der Waals surface area contributed by atoms with E-state index in [-0.39, 0.29) is 0 Å². The van der Waals surface area contributed by atoms with E-state index in [4.69, 9.17) is 4.74 Å². The minimum atomic E-state index is 0.710. The lowest BCUT2D eigenvalue weighted by molar-refractivity contribution is -0.141. The zero-order valence-electron chi connectivity index (χ0n) is 15.2. The number of nitrogens with zero attached hydrogens (tertiary/aromatic N) is 3. The summed E-state index contributed by atoms with van der Waals surface area (Å²) in [4.78, 5) is 3.00. The molecule has 2 saturated carbocycles. The number of morpholine rings is 1. The first-order valence-electron chi connectivity index (χ1n) is 10.8. The molecule has 0 aromatic carbocycles. The fraction of sp³-hybridized carbons (Fsp3) is 1.00. The third-order valence-corrected chi connectivity index (χ3v) is 7.82. The Hall–Kier alpha value is -0.160. The first-order chi connectivity index (χ1) is 11.9. The molecule has 4 nitrogen and oxygen atoms in total. The van der Waals surface area contributed by atoms with Crippen molar-refractivity contribution in [2.45, 2.75) is 70.0 Å². The van der Waals surface area contributed by atoms with E-state index in [1.807, 2.05) is 0 Å². The normalized spacial score (nSPS) is 45.2. The minimum absolute atomic E-state index is 0.710. The summed E-state index contributed by atoms with van der Waals surface area (Å²) >= 11 is 0. The Labute approximate surface area is 147 Å². The monoisotopic (exact) mass is 333 g/mol. The topological polar surface area (TPSA) is 19.0 Å². The van der Waals surface area contributed by atoms with Crippen LogP contribution in [0.2, 0.25) is 0 Å². The summed E-state index contributed by atoms with van der Waals surface area (Å²) in [6.45, 7) is 6.75. The van der Waals surface area contributed by atoms with Crippen LogP contribution in [0.25, 0.3) is 0 Å². The molecule has 0 aromatic heterocycles. The van der Waals surface area contributed by atoms with Crippen molar-refractivity contribution in [1.29, 1.82) is 0 Å². The van der Waals surface area contributed by atoms with Gasteiger partial charge in [0.15, 0.2) is 0 Å². The Bertz CT molecular complexity index is 439. The van der Waals surface area contributed by atoms with E-state index >= 15 is 0 Å². The van der Waals surface area contributed by atoms with Crippen LogP contribution in [0.4, 0.5) is 0 Å². The van der Waals surface area contributed by atoms with Gasteiger partial charge in [-0.05, 0) is 49.9 Å². The molecule has 3 saturated heterocycles. The average Bonchev–Trinajstić information content (AvgIpc) is 3.23. The van der Waals surface area contributed by atoms with Crippen molar-refractivity contribution in [1.82, 2.24) is 14.9 Å². The quantitative estimate of drug-likeness (QED) is 0.773. The van der Waals surface area contributed by atoms with Crippen molar-refractivity contribution in [2.75, 3.05) is 39.4 Å². The zero-order chi connectivity index (χ0) is 15.9. The number of hydrazine groups is 1. The van der Waals surface area contributed by atoms with Gasteiger partial charge in [0, 0.05) is 32.2 Å². The van der Waals surface area contributed by atoms with Gasteiger partial charge in [0.2, 0.25) is 0 Å². The molecule has 5 aliphatic rings. The van der Waals surface area contributed by atoms with Gasteiger partial charge in [0.1, 0.15) is 0 Å². The van der Waals surface area contributed by atoms with Gasteiger partial charge in [-0.15, -0.1) is 0 Å². The second-order valence-electron chi connectivity index (χ2n) is 8.95. The van der Waals surface area contributed by atoms with Gasteiger partial charge in [0.25, 0.3) is 0 Å². The highest BCUT2D eigenvalue weighted by Gasteiger charge is 2.51. The number of ether oxygens (including phenoxy) is 1. The van der Waals surface area contributed by atoms with E-state index < -0.39 is 0 Å². The van der Waals surface area contributed by atoms with E-state index in [1.165, 1.54) is 70.9 Å². The lowest BCUT2D eigenvalue weighted by atomic mass is 9.79. The fourth-order valence-corrected chi connectivity index (χ4v) is 6.71. The van der Waals surface area contributed by atoms with Crippen LogP contribution in [0.1, 0.15) is 57.8 Å². The fourth-order valence-electron chi connectivity index (χ4n) is 6.71. The molecule has 0 spiro atoms. The van der Waals surface area contributed by atoms with Gasteiger partial charge < -0.3 is 4.74 Å². The maximum Gasteiger partial charge on any atom is 0.0794 e. The summed E-state index contributed by atoms with van der Waals surface area (Å²) < 4.78 is 5.64. The Morgan fingerprint density at radius 3 is 2.33 bits per heavy atom. The molecule has 5 atom stereocenters. The van der Waals surface area contributed by atoms with E-state index in [9.17, 15) is 0 Å². The van der Waals surface area contributed by atoms with Gasteiger partial charge >= 0.3 is 0 Å². The van der Waals surface area contributed by atoms with E-state index in [1.54, 1.807) is 0 Å². The van der Waals surface area contributed by atoms with E-state index in [0.29, 0.717) is 6.17 Å². The molecule has 2 aliphatic carbocycles. The summed E-state index contributed by atoms with van der Waals surface area (Å²) in [5.41, 5.74) is 0. The van der Waals surface area contributed by atoms with Crippen LogP contribution in [0.15, 0.2) is 0 Å². The third kappa shape index (κ3) is 2.74. The summed E-state index contributed by atoms with van der Waals surface area (Å²) in [6.07, 6.45) is 14.0. The molecule has 0 amide bonds. The van der Waals surface area contributed by atoms with Crippen LogP contribution < -0.4 is 0 Å². The van der Waals surface area contributed by atoms with Gasteiger partial charge in [-0.2, -0.15) is 0 Å². The van der Waals surface area contributed by atoms with Crippen LogP contribution in [-0.2, 0) is 4.74 Å². The van der Waals surface area contributed by atoms with E-state index in [0.717, 1.165) is 50.1 Å². The smallest absolute Gasteiger partial charge is 0.0794 e. The molecule has 3 heterocycles. The summed E-state index contributed by atoms with van der Waals surface area (Å²) in [5, 5.41) is 5.50. The van der Waals surface area contributed by atoms with E-state index in [2.05, 4.69) is 14.9 Å². The number of rotatable bonds is 2. The molecule has 3 aliphatic heterocycles. The lowest BCUT2D eigenvalue weighted by Crippen LogP contribution is -2.58. The Balaban J connectivity index is 1.40. The maximum atomic E-state index is 5.64. The number of fused-ring (bicyclic) bond motifs is 2. The number of hydrogen-bond donors (Lipinski definition) is 0. The second kappa shape index (κ2) is 6.86. The van der Waals surface area contributed by atoms with Crippen molar-refractivity contribution in [3.8, 4) is 0 Å². The maximum absolute atomic E-state index is 5.64. The van der Waals surface area contributed by atoms with Crippen LogP contribution in [0.5, 0.6) is 0 Å². The predicted molar refractivity (Wildman–Crippen MR) is 95.4 cm³/mol. The summed E-state index contributed by atoms with van der Waals surface area (Å²) in [5.74, 6) is 2.89. The number of likely N-dealkylation sites (tertiary alicyclic amines) is 1. The first kappa shape index (κ1) is 16.0. The van der Waals surface area contributed by atoms with Gasteiger partial charge in [0.05, 0.1) is 19.4 Å². The molecule has 0 N–H and O–H groups in total. The molecule has 4 heteroatoms. The molecular weight excluding hydrogens is 298 g/mol. The van der Waals surface area contributed by atoms with Crippen LogP contribution in [0.3, 0.4) is 0 Å². The Morgan fingerprint density at radius 2 is 1.46 bits per heavy atom. The van der Waals surface area contributed by atoms with Crippen molar-refractivity contribution >= 4 is 0 Å². The molecule has 0 aromatic rings. The van der Waals surface area contributed by atoms with Crippen molar-refractivity contribution in [3.05, 3.63) is 0 Å². The predicted octanol–water partition coefficient (Wildman–Crippen LogP) is 2.95. The second-order valence-corrected chi connectivity index (χ2v) is 8.95. The van der Waals surface area contributed by atoms with Crippen molar-refractivity contribution < 1.29 is 4.74 Å². The highest BCUT2D eigenvalue weighted by Crippen LogP contribution is 2.47. The standard InChI is InChI=1S/C20H35N3O/c1-3-7-18-17(6-1)15-23(21-11-13-24-14-12-21)20(18)22-10-9-16-5-2-4-8-19(16)22/h16-20H,1-15H2. The Morgan fingerprint density at radius 1 is 0.708 bits per heavy atom. The highest BCUT2D eigenvalue weighted by atomic mass is 16.5. The average molecular weight is 334 g/mol. The van der Waals surface area contributed by atoms with Gasteiger partial charge in [-0.1, -0.05) is 25.7 Å². The molecule has 5 rings (SSSR count). The first-order valence-corrected chi connectivity index (χ1v) is 10.8. The molecule has 0 radical (unpaired) electrons. The van der Waals surface area contributed by atoms with Crippen LogP contribution in [-0.4, -0.2) is 66.5 Å². The highest BCUT2D eigenvalue weighted by molar-refractivity contribution is 5.00. The van der Waals surface area contributed by atoms with Crippen molar-refractivity contribution in [2.24, 2.45) is 17.8 Å². The SMILES string of the molecule is C1CCC2C(C1)CN(N1CCOCC1)C2N1CCC2CCCCC21. The Kier molecular flexibility index (Phi) is 4.59. The minimum Gasteiger partial charge on any atom is -0.379 e. The third-order valence-electron chi connectivity index (χ3n) is 7.82. The zero-order valence-corrected chi connectivity index (χ0v) is 15.2. The number of hydrogen-bond acceptors (Lipinski definition) is 4. The van der Waals surface area contributed by atoms with Gasteiger partial charge in [-0.25, -0.2) is 10.0 Å². The molecule has 24 heavy (non-hydrogen) atoms. The summed E-state index contributed by atoms with van der Waals surface area (Å²) in [7, 11) is 0. The largest absolute Gasteiger partial charge is 0.379 e. The van der Waals surface area contributed by atoms with Crippen LogP contribution in [0, 0.1) is 17.8 Å².